The van der Waals surface area contributed by atoms with Crippen LogP contribution in [-0.4, -0.2) is 19.3 Å². The second kappa shape index (κ2) is 4.95. The van der Waals surface area contributed by atoms with Crippen LogP contribution in [0.2, 0.25) is 0 Å². The zero-order valence-corrected chi connectivity index (χ0v) is 8.93. The highest BCUT2D eigenvalue weighted by Gasteiger charge is 2.15. The molecule has 0 atom stereocenters. The van der Waals surface area contributed by atoms with Gasteiger partial charge < -0.3 is 14.7 Å². The maximum Gasteiger partial charge on any atom is 0.196 e. The second-order valence-corrected chi connectivity index (χ2v) is 3.06. The number of hydroxylamine groups is 1. The molecule has 1 aromatic carbocycles. The van der Waals surface area contributed by atoms with Crippen LogP contribution in [0.4, 0.5) is 4.39 Å². The van der Waals surface area contributed by atoms with Crippen LogP contribution in [-0.2, 0) is 11.4 Å². The lowest BCUT2D eigenvalue weighted by Crippen LogP contribution is -2.12. The van der Waals surface area contributed by atoms with E-state index in [9.17, 15) is 9.50 Å². The third-order valence-corrected chi connectivity index (χ3v) is 2.13. The van der Waals surface area contributed by atoms with Gasteiger partial charge in [0.15, 0.2) is 17.3 Å². The number of rotatable bonds is 4. The average molecular weight is 215 g/mol. The van der Waals surface area contributed by atoms with Gasteiger partial charge in [0.25, 0.3) is 0 Å². The summed E-state index contributed by atoms with van der Waals surface area (Å²) < 4.78 is 18.0. The number of aryl methyl sites for hydroxylation is 1. The van der Waals surface area contributed by atoms with Gasteiger partial charge in [0.05, 0.1) is 20.8 Å². The van der Waals surface area contributed by atoms with Crippen molar-refractivity contribution < 1.29 is 19.1 Å². The van der Waals surface area contributed by atoms with E-state index in [2.05, 4.69) is 10.3 Å². The van der Waals surface area contributed by atoms with E-state index in [0.717, 1.165) is 0 Å². The van der Waals surface area contributed by atoms with Gasteiger partial charge in [-0.2, -0.15) is 5.48 Å². The fraction of sp³-hybridized carbons (Fsp3) is 0.400. The van der Waals surface area contributed by atoms with Gasteiger partial charge in [-0.1, -0.05) is 0 Å². The lowest BCUT2D eigenvalue weighted by Gasteiger charge is -2.12. The Morgan fingerprint density at radius 1 is 1.47 bits per heavy atom. The van der Waals surface area contributed by atoms with Crippen molar-refractivity contribution in [2.75, 3.05) is 14.2 Å². The van der Waals surface area contributed by atoms with Gasteiger partial charge in [-0.3, -0.25) is 0 Å². The maximum absolute atomic E-state index is 13.3. The number of aromatic hydroxyl groups is 1. The van der Waals surface area contributed by atoms with Crippen molar-refractivity contribution in [3.63, 3.8) is 0 Å². The fourth-order valence-corrected chi connectivity index (χ4v) is 1.34. The number of phenols is 1. The molecule has 0 amide bonds. The van der Waals surface area contributed by atoms with Gasteiger partial charge in [0, 0.05) is 5.56 Å². The highest BCUT2D eigenvalue weighted by Crippen LogP contribution is 2.34. The summed E-state index contributed by atoms with van der Waals surface area (Å²) in [7, 11) is 2.77. The van der Waals surface area contributed by atoms with Crippen LogP contribution in [0, 0.1) is 12.7 Å². The van der Waals surface area contributed by atoms with Crippen LogP contribution < -0.4 is 10.2 Å². The van der Waals surface area contributed by atoms with Crippen molar-refractivity contribution >= 4 is 0 Å². The van der Waals surface area contributed by atoms with Crippen molar-refractivity contribution in [3.8, 4) is 11.5 Å². The highest BCUT2D eigenvalue weighted by molar-refractivity contribution is 5.50. The van der Waals surface area contributed by atoms with Crippen molar-refractivity contribution in [1.82, 2.24) is 5.48 Å². The molecule has 0 bridgehead atoms. The molecule has 0 unspecified atom stereocenters. The quantitative estimate of drug-likeness (QED) is 0.747. The predicted molar refractivity (Wildman–Crippen MR) is 53.2 cm³/mol. The molecule has 0 spiro atoms. The predicted octanol–water partition coefficient (Wildman–Crippen LogP) is 1.50. The third-order valence-electron chi connectivity index (χ3n) is 2.13. The number of benzene rings is 1. The summed E-state index contributed by atoms with van der Waals surface area (Å²) in [5, 5.41) is 9.72. The Morgan fingerprint density at radius 2 is 2.13 bits per heavy atom. The Hall–Kier alpha value is -1.33. The fourth-order valence-electron chi connectivity index (χ4n) is 1.34. The van der Waals surface area contributed by atoms with Gasteiger partial charge in [0.2, 0.25) is 0 Å². The van der Waals surface area contributed by atoms with Crippen molar-refractivity contribution in [2.24, 2.45) is 0 Å². The molecule has 0 aliphatic heterocycles. The van der Waals surface area contributed by atoms with E-state index in [1.807, 2.05) is 0 Å². The minimum atomic E-state index is -0.575. The smallest absolute Gasteiger partial charge is 0.196 e. The van der Waals surface area contributed by atoms with E-state index in [0.29, 0.717) is 11.1 Å². The number of methoxy groups -OCH3 is 1. The summed E-state index contributed by atoms with van der Waals surface area (Å²) in [6.07, 6.45) is 0. The molecular formula is C10H14FNO3. The molecule has 0 aliphatic rings. The normalized spacial score (nSPS) is 10.4. The zero-order valence-electron chi connectivity index (χ0n) is 8.93. The number of hydrogen-bond donors (Lipinski definition) is 2. The summed E-state index contributed by atoms with van der Waals surface area (Å²) in [5.41, 5.74) is 3.76. The summed E-state index contributed by atoms with van der Waals surface area (Å²) in [4.78, 5) is 4.66. The monoisotopic (exact) mass is 215 g/mol. The Morgan fingerprint density at radius 3 is 2.67 bits per heavy atom. The molecule has 2 N–H and O–H groups in total. The largest absolute Gasteiger partial charge is 0.504 e. The molecule has 0 radical (unpaired) electrons. The van der Waals surface area contributed by atoms with Crippen molar-refractivity contribution in [1.29, 1.82) is 0 Å². The minimum Gasteiger partial charge on any atom is -0.504 e. The first kappa shape index (κ1) is 11.7. The molecule has 0 fully saturated rings. The maximum atomic E-state index is 13.3. The number of hydrogen-bond acceptors (Lipinski definition) is 4. The van der Waals surface area contributed by atoms with Crippen LogP contribution >= 0.6 is 0 Å². The molecule has 1 aromatic rings. The molecule has 0 saturated carbocycles. The lowest BCUT2D eigenvalue weighted by atomic mass is 10.1. The van der Waals surface area contributed by atoms with Crippen LogP contribution in [0.15, 0.2) is 6.07 Å². The summed E-state index contributed by atoms with van der Waals surface area (Å²) in [6, 6.07) is 1.31. The first-order valence-corrected chi connectivity index (χ1v) is 4.42. The molecule has 4 nitrogen and oxygen atoms in total. The first-order chi connectivity index (χ1) is 7.11. The molecule has 15 heavy (non-hydrogen) atoms. The molecular weight excluding hydrogens is 201 g/mol. The average Bonchev–Trinajstić information content (AvgIpc) is 2.17. The van der Waals surface area contributed by atoms with Crippen LogP contribution in [0.5, 0.6) is 11.5 Å². The number of phenolic OH excluding ortho intramolecular Hbond substituents is 1. The number of halogens is 1. The highest BCUT2D eigenvalue weighted by atomic mass is 19.1. The Labute approximate surface area is 87.6 Å². The van der Waals surface area contributed by atoms with Crippen LogP contribution in [0.3, 0.4) is 0 Å². The Balaban J connectivity index is 3.14. The van der Waals surface area contributed by atoms with Gasteiger partial charge >= 0.3 is 0 Å². The van der Waals surface area contributed by atoms with E-state index in [4.69, 9.17) is 4.74 Å². The summed E-state index contributed by atoms with van der Waals surface area (Å²) in [5.74, 6) is -0.915. The van der Waals surface area contributed by atoms with Crippen molar-refractivity contribution in [2.45, 2.75) is 13.5 Å². The van der Waals surface area contributed by atoms with Crippen LogP contribution in [0.1, 0.15) is 11.1 Å². The topological polar surface area (TPSA) is 50.7 Å². The second-order valence-electron chi connectivity index (χ2n) is 3.06. The third kappa shape index (κ3) is 2.37. The van der Waals surface area contributed by atoms with Gasteiger partial charge in [-0.05, 0) is 18.6 Å². The van der Waals surface area contributed by atoms with Crippen LogP contribution in [0.25, 0.3) is 0 Å². The molecule has 0 heterocycles. The number of nitrogens with one attached hydrogen (secondary N) is 1. The zero-order chi connectivity index (χ0) is 11.4. The number of ether oxygens (including phenoxy) is 1. The SMILES string of the molecule is CONCc1c(C)cc(F)c(OC)c1O. The molecule has 0 aromatic heterocycles. The van der Waals surface area contributed by atoms with Gasteiger partial charge in [-0.15, -0.1) is 0 Å². The van der Waals surface area contributed by atoms with E-state index >= 15 is 0 Å². The molecule has 0 saturated heterocycles. The minimum absolute atomic E-state index is 0.145. The molecule has 0 aliphatic carbocycles. The lowest BCUT2D eigenvalue weighted by molar-refractivity contribution is 0.0859. The summed E-state index contributed by atoms with van der Waals surface area (Å²) in [6.45, 7) is 1.99. The first-order valence-electron chi connectivity index (χ1n) is 4.42. The molecule has 5 heteroatoms. The Bertz CT molecular complexity index is 355. The summed E-state index contributed by atoms with van der Waals surface area (Å²) >= 11 is 0. The molecule has 84 valence electrons. The van der Waals surface area contributed by atoms with Crippen molar-refractivity contribution in [3.05, 3.63) is 23.0 Å². The van der Waals surface area contributed by atoms with Gasteiger partial charge in [0.1, 0.15) is 0 Å². The molecule has 1 rings (SSSR count). The standard InChI is InChI=1S/C10H14FNO3/c1-6-4-8(11)10(14-2)9(13)7(6)5-12-15-3/h4,12-13H,5H2,1-3H3. The van der Waals surface area contributed by atoms with E-state index in [1.54, 1.807) is 6.92 Å². The van der Waals surface area contributed by atoms with E-state index in [1.165, 1.54) is 20.3 Å². The van der Waals surface area contributed by atoms with E-state index in [-0.39, 0.29) is 18.0 Å². The van der Waals surface area contributed by atoms with E-state index < -0.39 is 5.82 Å². The Kier molecular flexibility index (Phi) is 3.88. The van der Waals surface area contributed by atoms with Gasteiger partial charge in [-0.25, -0.2) is 4.39 Å².